The third-order valence-electron chi connectivity index (χ3n) is 5.98. The predicted octanol–water partition coefficient (Wildman–Crippen LogP) is 5.56. The number of aryl methyl sites for hydroxylation is 3. The summed E-state index contributed by atoms with van der Waals surface area (Å²) in [6.07, 6.45) is 1.64. The van der Waals surface area contributed by atoms with E-state index in [1.807, 2.05) is 0 Å². The van der Waals surface area contributed by atoms with Gasteiger partial charge in [-0.3, -0.25) is 0 Å². The molecule has 1 saturated heterocycles. The lowest BCUT2D eigenvalue weighted by atomic mass is 9.79. The van der Waals surface area contributed by atoms with Gasteiger partial charge in [0.1, 0.15) is 11.4 Å². The SMILES string of the molecule is Cc1cccc(N2C(=S)N=C(Nc3c(C)cccc3C)[C@@]23CCOC(C)(C)C3)c1. The molecule has 0 radical (unpaired) electrons. The maximum atomic E-state index is 6.09. The molecule has 4 nitrogen and oxygen atoms in total. The summed E-state index contributed by atoms with van der Waals surface area (Å²) in [5, 5.41) is 4.30. The van der Waals surface area contributed by atoms with E-state index in [0.29, 0.717) is 11.7 Å². The highest BCUT2D eigenvalue weighted by Gasteiger charge is 2.53. The molecule has 2 heterocycles. The van der Waals surface area contributed by atoms with Crippen molar-refractivity contribution in [2.45, 2.75) is 58.6 Å². The second kappa shape index (κ2) is 7.22. The number of benzene rings is 2. The van der Waals surface area contributed by atoms with Crippen molar-refractivity contribution >= 4 is 34.5 Å². The van der Waals surface area contributed by atoms with Gasteiger partial charge in [0.05, 0.1) is 5.60 Å². The van der Waals surface area contributed by atoms with E-state index in [2.05, 4.69) is 87.3 Å². The first-order valence-electron chi connectivity index (χ1n) is 10.2. The van der Waals surface area contributed by atoms with E-state index >= 15 is 0 Å². The van der Waals surface area contributed by atoms with Gasteiger partial charge in [-0.25, -0.2) is 4.99 Å². The highest BCUT2D eigenvalue weighted by atomic mass is 32.1. The number of aliphatic imine (C=N–C) groups is 1. The van der Waals surface area contributed by atoms with Gasteiger partial charge in [-0.2, -0.15) is 0 Å². The topological polar surface area (TPSA) is 36.9 Å². The Morgan fingerprint density at radius 1 is 1.07 bits per heavy atom. The molecule has 29 heavy (non-hydrogen) atoms. The van der Waals surface area contributed by atoms with Crippen LogP contribution in [0.2, 0.25) is 0 Å². The summed E-state index contributed by atoms with van der Waals surface area (Å²) in [7, 11) is 0. The van der Waals surface area contributed by atoms with Crippen LogP contribution in [0.25, 0.3) is 0 Å². The monoisotopic (exact) mass is 407 g/mol. The molecule has 1 fully saturated rings. The summed E-state index contributed by atoms with van der Waals surface area (Å²) in [5.41, 5.74) is 5.22. The molecule has 0 amide bonds. The number of nitrogens with zero attached hydrogens (tertiary/aromatic N) is 2. The summed E-state index contributed by atoms with van der Waals surface area (Å²) in [4.78, 5) is 7.15. The van der Waals surface area contributed by atoms with Crippen LogP contribution in [0.5, 0.6) is 0 Å². The fourth-order valence-corrected chi connectivity index (χ4v) is 5.04. The number of para-hydroxylation sites is 1. The Morgan fingerprint density at radius 3 is 2.41 bits per heavy atom. The zero-order valence-electron chi connectivity index (χ0n) is 17.9. The Morgan fingerprint density at radius 2 is 1.76 bits per heavy atom. The van der Waals surface area contributed by atoms with E-state index < -0.39 is 0 Å². The first-order valence-corrected chi connectivity index (χ1v) is 10.6. The molecule has 0 aliphatic carbocycles. The quantitative estimate of drug-likeness (QED) is 0.662. The van der Waals surface area contributed by atoms with Gasteiger partial charge in [-0.15, -0.1) is 0 Å². The molecule has 0 saturated carbocycles. The van der Waals surface area contributed by atoms with Crippen molar-refractivity contribution in [1.29, 1.82) is 0 Å². The molecule has 2 aromatic carbocycles. The van der Waals surface area contributed by atoms with Crippen molar-refractivity contribution < 1.29 is 4.74 Å². The van der Waals surface area contributed by atoms with Crippen molar-refractivity contribution in [3.8, 4) is 0 Å². The number of amidine groups is 1. The maximum absolute atomic E-state index is 6.09. The van der Waals surface area contributed by atoms with Crippen LogP contribution >= 0.6 is 12.2 Å². The van der Waals surface area contributed by atoms with Gasteiger partial charge in [0.25, 0.3) is 0 Å². The third-order valence-corrected chi connectivity index (χ3v) is 6.25. The van der Waals surface area contributed by atoms with Gasteiger partial charge < -0.3 is 15.0 Å². The van der Waals surface area contributed by atoms with Crippen LogP contribution in [0.3, 0.4) is 0 Å². The molecule has 1 atom stereocenters. The smallest absolute Gasteiger partial charge is 0.202 e. The second-order valence-electron chi connectivity index (χ2n) is 8.88. The second-order valence-corrected chi connectivity index (χ2v) is 9.24. The normalized spacial score (nSPS) is 23.4. The zero-order chi connectivity index (χ0) is 20.8. The Labute approximate surface area is 179 Å². The number of hydrogen-bond acceptors (Lipinski definition) is 3. The lowest BCUT2D eigenvalue weighted by molar-refractivity contribution is -0.0661. The zero-order valence-corrected chi connectivity index (χ0v) is 18.7. The summed E-state index contributed by atoms with van der Waals surface area (Å²) >= 11 is 5.81. The van der Waals surface area contributed by atoms with E-state index in [0.717, 1.165) is 30.1 Å². The lowest BCUT2D eigenvalue weighted by Gasteiger charge is -2.48. The fraction of sp³-hybridized carbons (Fsp3) is 0.417. The third kappa shape index (κ3) is 3.58. The minimum absolute atomic E-state index is 0.260. The van der Waals surface area contributed by atoms with Gasteiger partial charge in [0.15, 0.2) is 0 Å². The van der Waals surface area contributed by atoms with Crippen LogP contribution in [0.1, 0.15) is 43.4 Å². The number of ether oxygens (including phenoxy) is 1. The van der Waals surface area contributed by atoms with Gasteiger partial charge in [0, 0.05) is 30.8 Å². The molecule has 2 aromatic rings. The Kier molecular flexibility index (Phi) is 4.99. The molecule has 1 N–H and O–H groups in total. The van der Waals surface area contributed by atoms with E-state index in [9.17, 15) is 0 Å². The molecule has 2 aliphatic heterocycles. The summed E-state index contributed by atoms with van der Waals surface area (Å²) < 4.78 is 6.09. The number of nitrogens with one attached hydrogen (secondary N) is 1. The van der Waals surface area contributed by atoms with Crippen molar-refractivity contribution in [2.24, 2.45) is 4.99 Å². The molecular formula is C24H29N3OS. The van der Waals surface area contributed by atoms with Crippen LogP contribution in [0.4, 0.5) is 11.4 Å². The summed E-state index contributed by atoms with van der Waals surface area (Å²) in [5.74, 6) is 0.929. The van der Waals surface area contributed by atoms with Crippen molar-refractivity contribution in [3.05, 3.63) is 59.2 Å². The maximum Gasteiger partial charge on any atom is 0.202 e. The van der Waals surface area contributed by atoms with E-state index in [1.54, 1.807) is 0 Å². The molecule has 2 aliphatic rings. The molecule has 0 unspecified atom stereocenters. The van der Waals surface area contributed by atoms with Crippen LogP contribution in [-0.2, 0) is 4.74 Å². The highest BCUT2D eigenvalue weighted by Crippen LogP contribution is 2.44. The van der Waals surface area contributed by atoms with Crippen LogP contribution in [0.15, 0.2) is 47.5 Å². The number of rotatable bonds is 2. The summed E-state index contributed by atoms with van der Waals surface area (Å²) in [6, 6.07) is 14.9. The number of thiocarbonyl (C=S) groups is 1. The summed E-state index contributed by atoms with van der Waals surface area (Å²) in [6.45, 7) is 11.3. The van der Waals surface area contributed by atoms with Crippen molar-refractivity contribution in [3.63, 3.8) is 0 Å². The van der Waals surface area contributed by atoms with Crippen LogP contribution in [0, 0.1) is 20.8 Å². The molecule has 0 bridgehead atoms. The molecule has 5 heteroatoms. The van der Waals surface area contributed by atoms with Crippen molar-refractivity contribution in [2.75, 3.05) is 16.8 Å². The van der Waals surface area contributed by atoms with E-state index in [4.69, 9.17) is 21.9 Å². The van der Waals surface area contributed by atoms with Gasteiger partial charge in [-0.1, -0.05) is 30.3 Å². The van der Waals surface area contributed by atoms with Crippen molar-refractivity contribution in [1.82, 2.24) is 0 Å². The van der Waals surface area contributed by atoms with Crippen LogP contribution in [-0.4, -0.2) is 28.7 Å². The predicted molar refractivity (Wildman–Crippen MR) is 125 cm³/mol. The standard InChI is InChI=1S/C24H29N3OS/c1-16-8-6-11-19(14-16)27-22(29)26-21(24(27)12-13-28-23(4,5)15-24)25-20-17(2)9-7-10-18(20)3/h6-11,14H,12-13,15H2,1-5H3,(H,25,26,29)/t24-/m0/s1. The van der Waals surface area contributed by atoms with Gasteiger partial charge in [-0.05, 0) is 75.7 Å². The molecule has 4 rings (SSSR count). The van der Waals surface area contributed by atoms with Gasteiger partial charge >= 0.3 is 0 Å². The lowest BCUT2D eigenvalue weighted by Crippen LogP contribution is -2.60. The molecule has 152 valence electrons. The van der Waals surface area contributed by atoms with Gasteiger partial charge in [0.2, 0.25) is 5.11 Å². The Bertz CT molecular complexity index is 977. The first kappa shape index (κ1) is 20.0. The minimum Gasteiger partial charge on any atom is -0.375 e. The first-order chi connectivity index (χ1) is 13.7. The van der Waals surface area contributed by atoms with Crippen LogP contribution < -0.4 is 10.2 Å². The highest BCUT2D eigenvalue weighted by molar-refractivity contribution is 7.80. The average molecular weight is 408 g/mol. The Hall–Kier alpha value is -2.24. The fourth-order valence-electron chi connectivity index (χ4n) is 4.67. The van der Waals surface area contributed by atoms with E-state index in [-0.39, 0.29) is 11.1 Å². The average Bonchev–Trinajstić information content (AvgIpc) is 2.87. The minimum atomic E-state index is -0.346. The molecule has 1 spiro atoms. The molecular weight excluding hydrogens is 378 g/mol. The molecule has 0 aromatic heterocycles. The number of hydrogen-bond donors (Lipinski definition) is 1. The largest absolute Gasteiger partial charge is 0.375 e. The number of anilines is 2. The van der Waals surface area contributed by atoms with E-state index in [1.165, 1.54) is 16.7 Å². The Balaban J connectivity index is 1.82.